The van der Waals surface area contributed by atoms with Gasteiger partial charge in [-0.1, -0.05) is 24.3 Å². The molecule has 0 saturated heterocycles. The molecule has 0 aliphatic carbocycles. The number of anilines is 1. The van der Waals surface area contributed by atoms with Crippen molar-refractivity contribution in [2.75, 3.05) is 26.1 Å². The van der Waals surface area contributed by atoms with Crippen LogP contribution in [0.1, 0.15) is 18.1 Å². The Morgan fingerprint density at radius 3 is 2.67 bits per heavy atom. The second-order valence-corrected chi connectivity index (χ2v) is 6.26. The van der Waals surface area contributed by atoms with Crippen LogP contribution in [0.3, 0.4) is 0 Å². The van der Waals surface area contributed by atoms with Gasteiger partial charge in [-0.2, -0.15) is 5.10 Å². The maximum atomic E-state index is 5.63. The van der Waals surface area contributed by atoms with Crippen molar-refractivity contribution in [2.24, 2.45) is 4.99 Å². The lowest BCUT2D eigenvalue weighted by Crippen LogP contribution is -2.30. The number of halogens is 1. The van der Waals surface area contributed by atoms with E-state index < -0.39 is 0 Å². The van der Waals surface area contributed by atoms with Gasteiger partial charge in [0.2, 0.25) is 0 Å². The molecule has 8 nitrogen and oxygen atoms in total. The van der Waals surface area contributed by atoms with Gasteiger partial charge in [0.25, 0.3) is 0 Å². The van der Waals surface area contributed by atoms with E-state index in [1.165, 1.54) is 6.33 Å². The maximum absolute atomic E-state index is 5.63. The van der Waals surface area contributed by atoms with Crippen molar-refractivity contribution in [2.45, 2.75) is 20.0 Å². The Morgan fingerprint density at radius 2 is 1.97 bits per heavy atom. The van der Waals surface area contributed by atoms with Crippen LogP contribution >= 0.6 is 24.0 Å². The Morgan fingerprint density at radius 1 is 1.13 bits per heavy atom. The summed E-state index contributed by atoms with van der Waals surface area (Å²) in [4.78, 5) is 8.28. The number of guanidine groups is 1. The zero-order chi connectivity index (χ0) is 20.5. The van der Waals surface area contributed by atoms with Crippen LogP contribution in [0.25, 0.3) is 0 Å². The van der Waals surface area contributed by atoms with Crippen molar-refractivity contribution in [3.05, 3.63) is 66.2 Å². The van der Waals surface area contributed by atoms with E-state index in [4.69, 9.17) is 9.47 Å². The molecule has 1 aromatic heterocycles. The molecule has 160 valence electrons. The molecule has 0 atom stereocenters. The molecule has 0 spiro atoms. The van der Waals surface area contributed by atoms with Crippen molar-refractivity contribution >= 4 is 35.6 Å². The molecule has 0 aliphatic rings. The molecule has 0 radical (unpaired) electrons. The topological polar surface area (TPSA) is 85.6 Å². The van der Waals surface area contributed by atoms with Gasteiger partial charge < -0.3 is 20.1 Å². The zero-order valence-electron chi connectivity index (χ0n) is 17.3. The summed E-state index contributed by atoms with van der Waals surface area (Å²) in [7, 11) is 3.37. The molecule has 0 fully saturated rings. The first-order chi connectivity index (χ1) is 14.2. The molecule has 0 amide bonds. The smallest absolute Gasteiger partial charge is 0.195 e. The third-order valence-electron chi connectivity index (χ3n) is 4.21. The number of ether oxygens (including phenoxy) is 2. The van der Waals surface area contributed by atoms with Crippen LogP contribution in [0.5, 0.6) is 11.5 Å². The summed E-state index contributed by atoms with van der Waals surface area (Å²) in [5.41, 5.74) is 3.17. The molecule has 0 bridgehead atoms. The SMILES string of the molecule is CCOc1cc(NC(=NC)NCc2cccc(Cn3cncn3)c2)ccc1OC.I. The molecule has 3 rings (SSSR count). The van der Waals surface area contributed by atoms with Gasteiger partial charge >= 0.3 is 0 Å². The third-order valence-corrected chi connectivity index (χ3v) is 4.21. The highest BCUT2D eigenvalue weighted by Gasteiger charge is 2.07. The molecule has 0 saturated carbocycles. The lowest BCUT2D eigenvalue weighted by Gasteiger charge is -2.15. The molecule has 2 N–H and O–H groups in total. The van der Waals surface area contributed by atoms with Crippen molar-refractivity contribution in [1.29, 1.82) is 0 Å². The number of hydrogen-bond donors (Lipinski definition) is 2. The van der Waals surface area contributed by atoms with Gasteiger partial charge in [0.15, 0.2) is 17.5 Å². The summed E-state index contributed by atoms with van der Waals surface area (Å²) in [6.45, 7) is 3.83. The number of methoxy groups -OCH3 is 1. The Balaban J connectivity index is 0.00000320. The minimum atomic E-state index is 0. The normalized spacial score (nSPS) is 10.8. The number of aromatic nitrogens is 3. The van der Waals surface area contributed by atoms with Crippen LogP contribution in [0.4, 0.5) is 5.69 Å². The standard InChI is InChI=1S/C21H26N6O2.HI/c1-4-29-20-11-18(8-9-19(20)28-3)26-21(22-2)24-12-16-6-5-7-17(10-16)13-27-15-23-14-25-27;/h5-11,14-15H,4,12-13H2,1-3H3,(H2,22,24,26);1H. The summed E-state index contributed by atoms with van der Waals surface area (Å²) in [6.07, 6.45) is 3.25. The van der Waals surface area contributed by atoms with Gasteiger partial charge in [0.1, 0.15) is 12.7 Å². The first kappa shape index (κ1) is 23.5. The summed E-state index contributed by atoms with van der Waals surface area (Å²) in [5, 5.41) is 10.8. The molecule has 30 heavy (non-hydrogen) atoms. The van der Waals surface area contributed by atoms with Crippen molar-refractivity contribution in [3.63, 3.8) is 0 Å². The van der Waals surface area contributed by atoms with Gasteiger partial charge in [0, 0.05) is 25.3 Å². The lowest BCUT2D eigenvalue weighted by molar-refractivity contribution is 0.311. The summed E-state index contributed by atoms with van der Waals surface area (Å²) in [6, 6.07) is 14.0. The third kappa shape index (κ3) is 6.61. The number of hydrogen-bond acceptors (Lipinski definition) is 5. The first-order valence-electron chi connectivity index (χ1n) is 9.40. The van der Waals surface area contributed by atoms with E-state index in [9.17, 15) is 0 Å². The Hall–Kier alpha value is -2.82. The number of nitrogens with zero attached hydrogens (tertiary/aromatic N) is 4. The minimum Gasteiger partial charge on any atom is -0.493 e. The monoisotopic (exact) mass is 522 g/mol. The second kappa shape index (κ2) is 12.0. The fraction of sp³-hybridized carbons (Fsp3) is 0.286. The number of benzene rings is 2. The highest BCUT2D eigenvalue weighted by Crippen LogP contribution is 2.30. The first-order valence-corrected chi connectivity index (χ1v) is 9.40. The van der Waals surface area contributed by atoms with E-state index in [-0.39, 0.29) is 24.0 Å². The van der Waals surface area contributed by atoms with E-state index in [2.05, 4.69) is 43.9 Å². The summed E-state index contributed by atoms with van der Waals surface area (Å²) < 4.78 is 12.8. The fourth-order valence-electron chi connectivity index (χ4n) is 2.86. The Kier molecular flexibility index (Phi) is 9.39. The molecule has 9 heteroatoms. The summed E-state index contributed by atoms with van der Waals surface area (Å²) in [5.74, 6) is 2.06. The molecular formula is C21H27IN6O2. The van der Waals surface area contributed by atoms with Gasteiger partial charge in [-0.05, 0) is 30.2 Å². The van der Waals surface area contributed by atoms with Crippen molar-refractivity contribution in [1.82, 2.24) is 20.1 Å². The summed E-state index contributed by atoms with van der Waals surface area (Å²) >= 11 is 0. The lowest BCUT2D eigenvalue weighted by atomic mass is 10.1. The maximum Gasteiger partial charge on any atom is 0.195 e. The van der Waals surface area contributed by atoms with E-state index in [1.807, 2.05) is 31.2 Å². The largest absolute Gasteiger partial charge is 0.493 e. The molecule has 1 heterocycles. The average Bonchev–Trinajstić information content (AvgIpc) is 3.25. The fourth-order valence-corrected chi connectivity index (χ4v) is 2.86. The molecule has 3 aromatic rings. The zero-order valence-corrected chi connectivity index (χ0v) is 19.7. The average molecular weight is 522 g/mol. The van der Waals surface area contributed by atoms with Gasteiger partial charge in [-0.25, -0.2) is 9.67 Å². The number of rotatable bonds is 8. The van der Waals surface area contributed by atoms with Crippen molar-refractivity contribution < 1.29 is 9.47 Å². The van der Waals surface area contributed by atoms with Crippen LogP contribution in [0, 0.1) is 0 Å². The second-order valence-electron chi connectivity index (χ2n) is 6.26. The quantitative estimate of drug-likeness (QED) is 0.268. The van der Waals surface area contributed by atoms with Crippen LogP contribution in [0.2, 0.25) is 0 Å². The predicted molar refractivity (Wildman–Crippen MR) is 129 cm³/mol. The molecule has 0 aliphatic heterocycles. The van der Waals surface area contributed by atoms with Crippen LogP contribution < -0.4 is 20.1 Å². The van der Waals surface area contributed by atoms with E-state index >= 15 is 0 Å². The highest BCUT2D eigenvalue weighted by atomic mass is 127. The Labute approximate surface area is 193 Å². The van der Waals surface area contributed by atoms with Crippen molar-refractivity contribution in [3.8, 4) is 11.5 Å². The molecular weight excluding hydrogens is 495 g/mol. The molecule has 0 unspecified atom stereocenters. The van der Waals surface area contributed by atoms with Crippen LogP contribution in [-0.4, -0.2) is 41.5 Å². The van der Waals surface area contributed by atoms with E-state index in [0.717, 1.165) is 16.8 Å². The highest BCUT2D eigenvalue weighted by molar-refractivity contribution is 14.0. The van der Waals surface area contributed by atoms with Gasteiger partial charge in [-0.15, -0.1) is 24.0 Å². The van der Waals surface area contributed by atoms with Gasteiger partial charge in [0.05, 0.1) is 20.3 Å². The predicted octanol–water partition coefficient (Wildman–Crippen LogP) is 3.54. The van der Waals surface area contributed by atoms with Crippen LogP contribution in [0.15, 0.2) is 60.1 Å². The van der Waals surface area contributed by atoms with E-state index in [0.29, 0.717) is 37.2 Å². The number of aliphatic imine (C=N–C) groups is 1. The van der Waals surface area contributed by atoms with E-state index in [1.54, 1.807) is 25.2 Å². The Bertz CT molecular complexity index is 946. The van der Waals surface area contributed by atoms with Crippen LogP contribution in [-0.2, 0) is 13.1 Å². The number of nitrogens with one attached hydrogen (secondary N) is 2. The molecule has 2 aromatic carbocycles. The minimum absolute atomic E-state index is 0. The van der Waals surface area contributed by atoms with Gasteiger partial charge in [-0.3, -0.25) is 4.99 Å².